The van der Waals surface area contributed by atoms with Crippen molar-refractivity contribution in [2.45, 2.75) is 18.9 Å². The fourth-order valence-electron chi connectivity index (χ4n) is 1.91. The lowest BCUT2D eigenvalue weighted by Gasteiger charge is -2.14. The number of benzene rings is 1. The molecule has 0 aromatic heterocycles. The Labute approximate surface area is 108 Å². The van der Waals surface area contributed by atoms with Gasteiger partial charge in [0.2, 0.25) is 0 Å². The van der Waals surface area contributed by atoms with Crippen LogP contribution >= 0.6 is 0 Å². The van der Waals surface area contributed by atoms with E-state index in [9.17, 15) is 4.79 Å². The zero-order chi connectivity index (χ0) is 13.1. The lowest BCUT2D eigenvalue weighted by molar-refractivity contribution is 0.0950. The lowest BCUT2D eigenvalue weighted by Crippen LogP contribution is -2.38. The fraction of sp³-hybridized carbons (Fsp3) is 0.500. The monoisotopic (exact) mass is 247 g/mol. The summed E-state index contributed by atoms with van der Waals surface area (Å²) < 4.78 is 0. The van der Waals surface area contributed by atoms with E-state index in [1.165, 1.54) is 12.8 Å². The third-order valence-electron chi connectivity index (χ3n) is 3.37. The van der Waals surface area contributed by atoms with Gasteiger partial charge in [-0.2, -0.15) is 0 Å². The maximum absolute atomic E-state index is 11.9. The molecule has 0 saturated heterocycles. The largest absolute Gasteiger partial charge is 0.378 e. The van der Waals surface area contributed by atoms with Gasteiger partial charge < -0.3 is 16.0 Å². The second-order valence-electron chi connectivity index (χ2n) is 5.15. The molecule has 1 aliphatic carbocycles. The summed E-state index contributed by atoms with van der Waals surface area (Å²) in [5.74, 6) is 0.567. The number of rotatable bonds is 5. The molecule has 2 rings (SSSR count). The number of anilines is 1. The second-order valence-corrected chi connectivity index (χ2v) is 5.15. The van der Waals surface area contributed by atoms with E-state index >= 15 is 0 Å². The molecule has 0 radical (unpaired) electrons. The minimum absolute atomic E-state index is 0.0450. The molecule has 1 saturated carbocycles. The van der Waals surface area contributed by atoms with Crippen LogP contribution in [0.1, 0.15) is 23.2 Å². The van der Waals surface area contributed by atoms with Crippen LogP contribution in [0.4, 0.5) is 5.69 Å². The molecule has 4 nitrogen and oxygen atoms in total. The molecule has 18 heavy (non-hydrogen) atoms. The van der Waals surface area contributed by atoms with Gasteiger partial charge in [0, 0.05) is 37.9 Å². The Morgan fingerprint density at radius 2 is 2.00 bits per heavy atom. The Morgan fingerprint density at radius 3 is 2.50 bits per heavy atom. The van der Waals surface area contributed by atoms with Crippen LogP contribution in [-0.4, -0.2) is 32.6 Å². The van der Waals surface area contributed by atoms with E-state index in [0.717, 1.165) is 5.69 Å². The number of carbonyl (C=O) groups excluding carboxylic acids is 1. The molecular formula is C14H21N3O. The molecule has 4 heteroatoms. The van der Waals surface area contributed by atoms with Crippen LogP contribution < -0.4 is 16.0 Å². The average Bonchev–Trinajstić information content (AvgIpc) is 3.20. The first kappa shape index (κ1) is 12.9. The van der Waals surface area contributed by atoms with E-state index in [0.29, 0.717) is 18.0 Å². The summed E-state index contributed by atoms with van der Waals surface area (Å²) >= 11 is 0. The molecule has 0 spiro atoms. The SMILES string of the molecule is CN(C)c1ccc(C(=O)NCC(N)C2CC2)cc1. The highest BCUT2D eigenvalue weighted by molar-refractivity contribution is 5.94. The molecule has 1 amide bonds. The summed E-state index contributed by atoms with van der Waals surface area (Å²) in [6, 6.07) is 7.67. The summed E-state index contributed by atoms with van der Waals surface area (Å²) in [4.78, 5) is 13.9. The molecule has 0 heterocycles. The van der Waals surface area contributed by atoms with Gasteiger partial charge in [-0.15, -0.1) is 0 Å². The van der Waals surface area contributed by atoms with E-state index in [4.69, 9.17) is 5.73 Å². The molecule has 3 N–H and O–H groups in total. The molecule has 1 atom stereocenters. The van der Waals surface area contributed by atoms with E-state index in [2.05, 4.69) is 5.32 Å². The number of amides is 1. The molecular weight excluding hydrogens is 226 g/mol. The van der Waals surface area contributed by atoms with Crippen molar-refractivity contribution in [1.29, 1.82) is 0 Å². The molecule has 1 aromatic carbocycles. The van der Waals surface area contributed by atoms with Crippen molar-refractivity contribution in [2.75, 3.05) is 25.5 Å². The number of nitrogens with two attached hydrogens (primary N) is 1. The third-order valence-corrected chi connectivity index (χ3v) is 3.37. The van der Waals surface area contributed by atoms with Gasteiger partial charge in [-0.3, -0.25) is 4.79 Å². The molecule has 1 aliphatic rings. The van der Waals surface area contributed by atoms with Crippen molar-refractivity contribution in [2.24, 2.45) is 11.7 Å². The topological polar surface area (TPSA) is 58.4 Å². The van der Waals surface area contributed by atoms with Crippen LogP contribution in [-0.2, 0) is 0 Å². The van der Waals surface area contributed by atoms with Crippen molar-refractivity contribution >= 4 is 11.6 Å². The molecule has 0 bridgehead atoms. The average molecular weight is 247 g/mol. The normalized spacial score (nSPS) is 16.2. The van der Waals surface area contributed by atoms with Crippen LogP contribution in [0.3, 0.4) is 0 Å². The maximum atomic E-state index is 11.9. The van der Waals surface area contributed by atoms with E-state index in [-0.39, 0.29) is 11.9 Å². The van der Waals surface area contributed by atoms with Crippen LogP contribution in [0, 0.1) is 5.92 Å². The number of nitrogens with one attached hydrogen (secondary N) is 1. The first-order valence-corrected chi connectivity index (χ1v) is 6.39. The van der Waals surface area contributed by atoms with Gasteiger partial charge in [0.15, 0.2) is 0 Å². The van der Waals surface area contributed by atoms with Crippen molar-refractivity contribution < 1.29 is 4.79 Å². The molecule has 98 valence electrons. The van der Waals surface area contributed by atoms with Gasteiger partial charge in [-0.1, -0.05) is 0 Å². The summed E-state index contributed by atoms with van der Waals surface area (Å²) in [5, 5.41) is 2.89. The Morgan fingerprint density at radius 1 is 1.39 bits per heavy atom. The quantitative estimate of drug-likeness (QED) is 0.822. The number of hydrogen-bond acceptors (Lipinski definition) is 3. The minimum Gasteiger partial charge on any atom is -0.378 e. The van der Waals surface area contributed by atoms with Crippen LogP contribution in [0.2, 0.25) is 0 Å². The first-order chi connectivity index (χ1) is 8.58. The first-order valence-electron chi connectivity index (χ1n) is 6.39. The molecule has 1 aromatic rings. The summed E-state index contributed by atoms with van der Waals surface area (Å²) in [5.41, 5.74) is 7.72. The van der Waals surface area contributed by atoms with Crippen LogP contribution in [0.5, 0.6) is 0 Å². The standard InChI is InChI=1S/C14H21N3O/c1-17(2)12-7-5-11(6-8-12)14(18)16-9-13(15)10-3-4-10/h5-8,10,13H,3-4,9,15H2,1-2H3,(H,16,18). The van der Waals surface area contributed by atoms with Gasteiger partial charge in [-0.05, 0) is 43.0 Å². The highest BCUT2D eigenvalue weighted by Crippen LogP contribution is 2.31. The minimum atomic E-state index is -0.0450. The fourth-order valence-corrected chi connectivity index (χ4v) is 1.91. The van der Waals surface area contributed by atoms with Crippen molar-refractivity contribution in [3.05, 3.63) is 29.8 Å². The van der Waals surface area contributed by atoms with Gasteiger partial charge in [-0.25, -0.2) is 0 Å². The van der Waals surface area contributed by atoms with Crippen molar-refractivity contribution in [1.82, 2.24) is 5.32 Å². The number of hydrogen-bond donors (Lipinski definition) is 2. The van der Waals surface area contributed by atoms with E-state index in [1.54, 1.807) is 0 Å². The lowest BCUT2D eigenvalue weighted by atomic mass is 10.1. The Kier molecular flexibility index (Phi) is 3.87. The van der Waals surface area contributed by atoms with Gasteiger partial charge in [0.1, 0.15) is 0 Å². The van der Waals surface area contributed by atoms with Crippen LogP contribution in [0.25, 0.3) is 0 Å². The van der Waals surface area contributed by atoms with Crippen LogP contribution in [0.15, 0.2) is 24.3 Å². The van der Waals surface area contributed by atoms with E-state index in [1.807, 2.05) is 43.3 Å². The highest BCUT2D eigenvalue weighted by Gasteiger charge is 2.28. The maximum Gasteiger partial charge on any atom is 0.251 e. The summed E-state index contributed by atoms with van der Waals surface area (Å²) in [6.45, 7) is 0.568. The molecule has 0 aliphatic heterocycles. The predicted octanol–water partition coefficient (Wildman–Crippen LogP) is 1.22. The molecule has 1 fully saturated rings. The highest BCUT2D eigenvalue weighted by atomic mass is 16.1. The summed E-state index contributed by atoms with van der Waals surface area (Å²) in [7, 11) is 3.95. The Bertz CT molecular complexity index is 410. The predicted molar refractivity (Wildman–Crippen MR) is 73.8 cm³/mol. The van der Waals surface area contributed by atoms with Crippen molar-refractivity contribution in [3.63, 3.8) is 0 Å². The zero-order valence-electron chi connectivity index (χ0n) is 11.0. The zero-order valence-corrected chi connectivity index (χ0v) is 11.0. The Balaban J connectivity index is 1.87. The second kappa shape index (κ2) is 5.40. The van der Waals surface area contributed by atoms with Crippen molar-refractivity contribution in [3.8, 4) is 0 Å². The Hall–Kier alpha value is -1.55. The summed E-state index contributed by atoms with van der Waals surface area (Å²) in [6.07, 6.45) is 2.41. The van der Waals surface area contributed by atoms with E-state index < -0.39 is 0 Å². The van der Waals surface area contributed by atoms with Gasteiger partial charge >= 0.3 is 0 Å². The number of nitrogens with zero attached hydrogens (tertiary/aromatic N) is 1. The van der Waals surface area contributed by atoms with Gasteiger partial charge in [0.05, 0.1) is 0 Å². The smallest absolute Gasteiger partial charge is 0.251 e. The third kappa shape index (κ3) is 3.23. The number of carbonyl (C=O) groups is 1. The molecule has 1 unspecified atom stereocenters. The van der Waals surface area contributed by atoms with Gasteiger partial charge in [0.25, 0.3) is 5.91 Å².